The number of thioether (sulfide) groups is 1. The maximum atomic E-state index is 12.6. The first-order chi connectivity index (χ1) is 9.54. The smallest absolute Gasteiger partial charge is 0.136 e. The minimum absolute atomic E-state index is 0.0134. The van der Waals surface area contributed by atoms with E-state index in [0.717, 1.165) is 38.0 Å². The van der Waals surface area contributed by atoms with E-state index in [1.54, 1.807) is 0 Å². The number of ketones is 1. The van der Waals surface area contributed by atoms with Crippen molar-refractivity contribution in [2.45, 2.75) is 51.6 Å². The number of nitrogens with two attached hydrogens (primary N) is 1. The zero-order chi connectivity index (χ0) is 14.6. The Labute approximate surface area is 127 Å². The molecular weight excluding hydrogens is 270 g/mol. The molecule has 0 bridgehead atoms. The minimum atomic E-state index is 0.0134. The Morgan fingerprint density at radius 2 is 2.30 bits per heavy atom. The summed E-state index contributed by atoms with van der Waals surface area (Å²) in [7, 11) is 0. The van der Waals surface area contributed by atoms with Crippen LogP contribution in [0.2, 0.25) is 0 Å². The van der Waals surface area contributed by atoms with Crippen molar-refractivity contribution in [3.63, 3.8) is 0 Å². The molecule has 2 N–H and O–H groups in total. The Hall–Kier alpha value is -0.0600. The van der Waals surface area contributed by atoms with Crippen molar-refractivity contribution in [1.82, 2.24) is 0 Å². The lowest BCUT2D eigenvalue weighted by molar-refractivity contribution is -0.135. The van der Waals surface area contributed by atoms with E-state index in [1.807, 2.05) is 11.8 Å². The van der Waals surface area contributed by atoms with E-state index in [2.05, 4.69) is 13.8 Å². The molecule has 0 saturated carbocycles. The largest absolute Gasteiger partial charge is 0.374 e. The van der Waals surface area contributed by atoms with E-state index in [4.69, 9.17) is 10.5 Å². The first-order valence-electron chi connectivity index (χ1n) is 7.99. The SMILES string of the molecule is CC(C)CC(CN)CC(=O)C1CCOC2(CCSC2)C1. The van der Waals surface area contributed by atoms with Crippen LogP contribution in [0.25, 0.3) is 0 Å². The highest BCUT2D eigenvalue weighted by atomic mass is 32.2. The van der Waals surface area contributed by atoms with Gasteiger partial charge in [0.05, 0.1) is 5.60 Å². The number of carbonyl (C=O) groups excluding carboxylic acids is 1. The van der Waals surface area contributed by atoms with Gasteiger partial charge >= 0.3 is 0 Å². The van der Waals surface area contributed by atoms with Crippen molar-refractivity contribution < 1.29 is 9.53 Å². The van der Waals surface area contributed by atoms with Crippen LogP contribution in [0, 0.1) is 17.8 Å². The van der Waals surface area contributed by atoms with Gasteiger partial charge in [-0.05, 0) is 49.8 Å². The lowest BCUT2D eigenvalue weighted by atomic mass is 9.80. The molecule has 4 heteroatoms. The lowest BCUT2D eigenvalue weighted by Gasteiger charge is -2.37. The summed E-state index contributed by atoms with van der Waals surface area (Å²) in [5, 5.41) is 0. The van der Waals surface area contributed by atoms with Crippen LogP contribution in [0.3, 0.4) is 0 Å². The molecule has 0 aromatic carbocycles. The molecule has 3 atom stereocenters. The van der Waals surface area contributed by atoms with Crippen LogP contribution in [0.15, 0.2) is 0 Å². The number of Topliss-reactive ketones (excluding diaryl/α,β-unsaturated/α-hetero) is 1. The Morgan fingerprint density at radius 1 is 1.50 bits per heavy atom. The molecule has 3 unspecified atom stereocenters. The topological polar surface area (TPSA) is 52.3 Å². The molecule has 3 nitrogen and oxygen atoms in total. The molecule has 0 amide bonds. The molecule has 2 aliphatic heterocycles. The number of carbonyl (C=O) groups is 1. The molecule has 2 saturated heterocycles. The Bertz CT molecular complexity index is 326. The van der Waals surface area contributed by atoms with Crippen LogP contribution < -0.4 is 5.73 Å². The van der Waals surface area contributed by atoms with E-state index in [-0.39, 0.29) is 11.5 Å². The first-order valence-corrected chi connectivity index (χ1v) is 9.14. The molecule has 0 aliphatic carbocycles. The predicted molar refractivity (Wildman–Crippen MR) is 85.0 cm³/mol. The van der Waals surface area contributed by atoms with Crippen molar-refractivity contribution in [2.24, 2.45) is 23.5 Å². The van der Waals surface area contributed by atoms with Crippen LogP contribution >= 0.6 is 11.8 Å². The van der Waals surface area contributed by atoms with Gasteiger partial charge in [-0.3, -0.25) is 4.79 Å². The van der Waals surface area contributed by atoms with Gasteiger partial charge in [-0.1, -0.05) is 13.8 Å². The third-order valence-corrected chi connectivity index (χ3v) is 5.87. The molecular formula is C16H29NO2S. The van der Waals surface area contributed by atoms with Crippen LogP contribution in [0.4, 0.5) is 0 Å². The molecule has 2 aliphatic rings. The van der Waals surface area contributed by atoms with Gasteiger partial charge < -0.3 is 10.5 Å². The predicted octanol–water partition coefficient (Wildman–Crippen LogP) is 2.87. The molecule has 0 aromatic rings. The highest BCUT2D eigenvalue weighted by Crippen LogP contribution is 2.41. The molecule has 1 spiro atoms. The summed E-state index contributed by atoms with van der Waals surface area (Å²) in [6.45, 7) is 5.79. The van der Waals surface area contributed by atoms with E-state index in [0.29, 0.717) is 30.6 Å². The summed E-state index contributed by atoms with van der Waals surface area (Å²) < 4.78 is 6.00. The van der Waals surface area contributed by atoms with Crippen molar-refractivity contribution in [2.75, 3.05) is 24.7 Å². The summed E-state index contributed by atoms with van der Waals surface area (Å²) in [4.78, 5) is 12.6. The molecule has 2 heterocycles. The maximum Gasteiger partial charge on any atom is 0.136 e. The Balaban J connectivity index is 1.88. The number of rotatable bonds is 6. The second kappa shape index (κ2) is 7.28. The fourth-order valence-corrected chi connectivity index (χ4v) is 4.92. The normalized spacial score (nSPS) is 31.9. The lowest BCUT2D eigenvalue weighted by Crippen LogP contribution is -2.42. The summed E-state index contributed by atoms with van der Waals surface area (Å²) in [6.07, 6.45) is 4.70. The van der Waals surface area contributed by atoms with Crippen molar-refractivity contribution in [1.29, 1.82) is 0 Å². The molecule has 116 valence electrons. The quantitative estimate of drug-likeness (QED) is 0.819. The maximum absolute atomic E-state index is 12.6. The molecule has 0 radical (unpaired) electrons. The summed E-state index contributed by atoms with van der Waals surface area (Å²) in [6, 6.07) is 0. The monoisotopic (exact) mass is 299 g/mol. The van der Waals surface area contributed by atoms with Crippen molar-refractivity contribution >= 4 is 17.5 Å². The van der Waals surface area contributed by atoms with E-state index >= 15 is 0 Å². The average Bonchev–Trinajstić information content (AvgIpc) is 2.85. The zero-order valence-electron chi connectivity index (χ0n) is 12.9. The fraction of sp³-hybridized carbons (Fsp3) is 0.938. The van der Waals surface area contributed by atoms with E-state index in [9.17, 15) is 4.79 Å². The van der Waals surface area contributed by atoms with Crippen molar-refractivity contribution in [3.05, 3.63) is 0 Å². The zero-order valence-corrected chi connectivity index (χ0v) is 13.7. The van der Waals surface area contributed by atoms with Gasteiger partial charge in [0, 0.05) is 24.7 Å². The van der Waals surface area contributed by atoms with Gasteiger partial charge in [0.2, 0.25) is 0 Å². The molecule has 2 fully saturated rings. The highest BCUT2D eigenvalue weighted by Gasteiger charge is 2.42. The Kier molecular flexibility index (Phi) is 5.94. The number of hydrogen-bond donors (Lipinski definition) is 1. The molecule has 2 rings (SSSR count). The minimum Gasteiger partial charge on any atom is -0.374 e. The molecule has 20 heavy (non-hydrogen) atoms. The number of ether oxygens (including phenoxy) is 1. The van der Waals surface area contributed by atoms with Crippen LogP contribution in [0.1, 0.15) is 46.0 Å². The van der Waals surface area contributed by atoms with Crippen molar-refractivity contribution in [3.8, 4) is 0 Å². The van der Waals surface area contributed by atoms with E-state index in [1.165, 1.54) is 5.75 Å². The summed E-state index contributed by atoms with van der Waals surface area (Å²) in [5.41, 5.74) is 5.85. The second-order valence-corrected chi connectivity index (χ2v) is 8.03. The van der Waals surface area contributed by atoms with Crippen LogP contribution in [0.5, 0.6) is 0 Å². The Morgan fingerprint density at radius 3 is 2.90 bits per heavy atom. The molecule has 0 aromatic heterocycles. The third kappa shape index (κ3) is 4.22. The van der Waals surface area contributed by atoms with Gasteiger partial charge in [-0.2, -0.15) is 11.8 Å². The average molecular weight is 299 g/mol. The van der Waals surface area contributed by atoms with Crippen LogP contribution in [-0.4, -0.2) is 36.0 Å². The van der Waals surface area contributed by atoms with Gasteiger partial charge in [0.25, 0.3) is 0 Å². The standard InChI is InChI=1S/C16H29NO2S/c1-12(2)7-13(10-17)8-15(18)14-3-5-19-16(9-14)4-6-20-11-16/h12-14H,3-11,17H2,1-2H3. The fourth-order valence-electron chi connectivity index (χ4n) is 3.55. The second-order valence-electron chi connectivity index (χ2n) is 6.93. The number of hydrogen-bond acceptors (Lipinski definition) is 4. The van der Waals surface area contributed by atoms with Gasteiger partial charge in [-0.25, -0.2) is 0 Å². The van der Waals surface area contributed by atoms with Gasteiger partial charge in [0.15, 0.2) is 0 Å². The summed E-state index contributed by atoms with van der Waals surface area (Å²) in [5.74, 6) is 3.87. The van der Waals surface area contributed by atoms with E-state index < -0.39 is 0 Å². The first kappa shape index (κ1) is 16.3. The van der Waals surface area contributed by atoms with Gasteiger partial charge in [-0.15, -0.1) is 0 Å². The van der Waals surface area contributed by atoms with Gasteiger partial charge in [0.1, 0.15) is 5.78 Å². The highest BCUT2D eigenvalue weighted by molar-refractivity contribution is 7.99. The van der Waals surface area contributed by atoms with Crippen LogP contribution in [-0.2, 0) is 9.53 Å². The summed E-state index contributed by atoms with van der Waals surface area (Å²) >= 11 is 1.96. The third-order valence-electron chi connectivity index (χ3n) is 4.64.